The summed E-state index contributed by atoms with van der Waals surface area (Å²) in [4.78, 5) is -0.197. The highest BCUT2D eigenvalue weighted by atomic mass is 32.2. The summed E-state index contributed by atoms with van der Waals surface area (Å²) < 4.78 is 38.0. The van der Waals surface area contributed by atoms with E-state index in [1.54, 1.807) is 6.92 Å². The molecule has 0 saturated carbocycles. The molecule has 1 heterocycles. The fraction of sp³-hybridized carbons (Fsp3) is 0.0714. The summed E-state index contributed by atoms with van der Waals surface area (Å²) >= 11 is 0.556. The van der Waals surface area contributed by atoms with Gasteiger partial charge in [-0.25, -0.2) is 9.94 Å². The van der Waals surface area contributed by atoms with Crippen LogP contribution in [0.5, 0.6) is 11.6 Å². The van der Waals surface area contributed by atoms with Crippen molar-refractivity contribution in [3.8, 4) is 17.3 Å². The molecular formula is C14H12N2O8S2. The molecule has 2 aromatic carbocycles. The second-order valence-electron chi connectivity index (χ2n) is 5.24. The van der Waals surface area contributed by atoms with Crippen LogP contribution in [0.25, 0.3) is 16.5 Å². The van der Waals surface area contributed by atoms with Crippen molar-refractivity contribution in [2.75, 3.05) is 0 Å². The maximum atomic E-state index is 11.6. The van der Waals surface area contributed by atoms with Crippen LogP contribution in [-0.2, 0) is 19.5 Å². The summed E-state index contributed by atoms with van der Waals surface area (Å²) in [5.41, 5.74) is 0.488. The summed E-state index contributed by atoms with van der Waals surface area (Å²) in [6.45, 7) is 1.62. The Morgan fingerprint density at radius 1 is 1.15 bits per heavy atom. The van der Waals surface area contributed by atoms with Gasteiger partial charge >= 0.3 is 0 Å². The van der Waals surface area contributed by atoms with Gasteiger partial charge in [0, 0.05) is 16.3 Å². The molecule has 0 unspecified atom stereocenters. The molecule has 0 radical (unpaired) electrons. The van der Waals surface area contributed by atoms with E-state index in [-0.39, 0.29) is 33.0 Å². The van der Waals surface area contributed by atoms with Crippen LogP contribution in [0.3, 0.4) is 0 Å². The average molecular weight is 400 g/mol. The van der Waals surface area contributed by atoms with Crippen molar-refractivity contribution < 1.29 is 37.8 Å². The number of nitrogens with zero attached hydrogens (tertiary/aromatic N) is 2. The lowest BCUT2D eigenvalue weighted by Crippen LogP contribution is -2.03. The largest absolute Gasteiger partial charge is 0.507 e. The Labute approximate surface area is 151 Å². The van der Waals surface area contributed by atoms with Gasteiger partial charge in [-0.1, -0.05) is 5.04 Å². The van der Waals surface area contributed by atoms with Crippen LogP contribution in [0, 0.1) is 6.92 Å². The van der Waals surface area contributed by atoms with E-state index < -0.39 is 15.0 Å². The normalized spacial score (nSPS) is 12.0. The van der Waals surface area contributed by atoms with Crippen molar-refractivity contribution in [2.24, 2.45) is 0 Å². The molecule has 12 heteroatoms. The number of rotatable bonds is 5. The molecule has 10 nitrogen and oxygen atoms in total. The Hall–Kier alpha value is -2.35. The molecule has 3 aromatic rings. The van der Waals surface area contributed by atoms with Crippen molar-refractivity contribution in [2.45, 2.75) is 16.7 Å². The van der Waals surface area contributed by atoms with Gasteiger partial charge in [-0.3, -0.25) is 4.55 Å². The molecular weight excluding hydrogens is 388 g/mol. The van der Waals surface area contributed by atoms with Crippen molar-refractivity contribution in [3.05, 3.63) is 36.0 Å². The number of hydrogen-bond acceptors (Lipinski definition) is 9. The number of aromatic nitrogens is 2. The first kappa shape index (κ1) is 18.4. The minimum absolute atomic E-state index is 0.0362. The minimum atomic E-state index is -4.58. The third kappa shape index (κ3) is 3.46. The summed E-state index contributed by atoms with van der Waals surface area (Å²) in [6, 6.07) is 6.24. The number of aryl methyl sites for hydroxylation is 1. The zero-order valence-electron chi connectivity index (χ0n) is 13.0. The Morgan fingerprint density at radius 2 is 1.88 bits per heavy atom. The predicted octanol–water partition coefficient (Wildman–Crippen LogP) is 2.42. The highest BCUT2D eigenvalue weighted by Crippen LogP contribution is 2.38. The van der Waals surface area contributed by atoms with E-state index in [0.29, 0.717) is 17.7 Å². The molecule has 138 valence electrons. The highest BCUT2D eigenvalue weighted by molar-refractivity contribution is 7.94. The molecule has 3 rings (SSSR count). The van der Waals surface area contributed by atoms with Gasteiger partial charge in [0.05, 0.1) is 28.3 Å². The van der Waals surface area contributed by atoms with E-state index in [4.69, 9.17) is 5.26 Å². The van der Waals surface area contributed by atoms with Crippen LogP contribution in [0.2, 0.25) is 0 Å². The monoisotopic (exact) mass is 400 g/mol. The topological polar surface area (TPSA) is 151 Å². The molecule has 0 atom stereocenters. The molecule has 0 aliphatic carbocycles. The van der Waals surface area contributed by atoms with Crippen molar-refractivity contribution in [1.29, 1.82) is 0 Å². The van der Waals surface area contributed by atoms with E-state index in [2.05, 4.69) is 14.5 Å². The Kier molecular flexibility index (Phi) is 4.79. The second-order valence-corrected chi connectivity index (χ2v) is 7.44. The van der Waals surface area contributed by atoms with Gasteiger partial charge in [-0.15, -0.1) is 4.33 Å². The fourth-order valence-corrected chi connectivity index (χ4v) is 3.48. The quantitative estimate of drug-likeness (QED) is 0.217. The van der Waals surface area contributed by atoms with Gasteiger partial charge in [0.1, 0.15) is 5.75 Å². The SMILES string of the molecule is Cc1cc(O)n(-c2cc(S(=O)(=O)O)cc3cc(SOOO)cc(O)c23)n1. The molecule has 0 amide bonds. The van der Waals surface area contributed by atoms with Crippen LogP contribution < -0.4 is 0 Å². The van der Waals surface area contributed by atoms with Crippen LogP contribution >= 0.6 is 12.0 Å². The number of phenols is 1. The van der Waals surface area contributed by atoms with Crippen molar-refractivity contribution in [3.63, 3.8) is 0 Å². The van der Waals surface area contributed by atoms with Crippen LogP contribution in [0.15, 0.2) is 40.1 Å². The van der Waals surface area contributed by atoms with Crippen molar-refractivity contribution in [1.82, 2.24) is 9.78 Å². The third-order valence-electron chi connectivity index (χ3n) is 3.45. The summed E-state index contributed by atoms with van der Waals surface area (Å²) in [6.07, 6.45) is 0. The predicted molar refractivity (Wildman–Crippen MR) is 89.6 cm³/mol. The van der Waals surface area contributed by atoms with Gasteiger partial charge < -0.3 is 10.2 Å². The molecule has 0 bridgehead atoms. The molecule has 4 N–H and O–H groups in total. The summed E-state index contributed by atoms with van der Waals surface area (Å²) in [5, 5.41) is 36.6. The fourth-order valence-electron chi connectivity index (χ4n) is 2.50. The van der Waals surface area contributed by atoms with E-state index in [1.807, 2.05) is 0 Å². The zero-order valence-corrected chi connectivity index (χ0v) is 14.7. The number of aromatic hydroxyl groups is 2. The lowest BCUT2D eigenvalue weighted by molar-refractivity contribution is -0.432. The first-order valence-corrected chi connectivity index (χ1v) is 9.08. The lowest BCUT2D eigenvalue weighted by atomic mass is 10.1. The Balaban J connectivity index is 2.36. The molecule has 26 heavy (non-hydrogen) atoms. The number of fused-ring (bicyclic) bond motifs is 1. The Bertz CT molecular complexity index is 1090. The maximum absolute atomic E-state index is 11.6. The van der Waals surface area contributed by atoms with E-state index in [9.17, 15) is 23.2 Å². The van der Waals surface area contributed by atoms with Gasteiger partial charge in [0.2, 0.25) is 5.88 Å². The molecule has 0 fully saturated rings. The highest BCUT2D eigenvalue weighted by Gasteiger charge is 2.20. The minimum Gasteiger partial charge on any atom is -0.507 e. The summed E-state index contributed by atoms with van der Waals surface area (Å²) in [7, 11) is -4.58. The average Bonchev–Trinajstić information content (AvgIpc) is 2.89. The second kappa shape index (κ2) is 6.75. The van der Waals surface area contributed by atoms with Gasteiger partial charge in [0.25, 0.3) is 10.1 Å². The Morgan fingerprint density at radius 3 is 2.46 bits per heavy atom. The van der Waals surface area contributed by atoms with Gasteiger partial charge in [0.15, 0.2) is 0 Å². The van der Waals surface area contributed by atoms with Gasteiger partial charge in [-0.05, 0) is 36.6 Å². The van der Waals surface area contributed by atoms with Crippen LogP contribution in [-0.4, -0.2) is 38.2 Å². The van der Waals surface area contributed by atoms with E-state index >= 15 is 0 Å². The van der Waals surface area contributed by atoms with Gasteiger partial charge in [-0.2, -0.15) is 13.5 Å². The standard InChI is InChI=1S/C14H12N2O8S2/c1-7-2-13(18)16(15-7)11-6-10(26(20,21)22)4-8-3-9(25-24-23-19)5-12(17)14(8)11/h2-6,17-19H,1H3,(H,20,21,22). The van der Waals surface area contributed by atoms with Crippen LogP contribution in [0.4, 0.5) is 0 Å². The number of phenolic OH excluding ortho intramolecular Hbond substituents is 1. The number of hydrogen-bond donors (Lipinski definition) is 4. The lowest BCUT2D eigenvalue weighted by Gasteiger charge is -2.12. The third-order valence-corrected chi connectivity index (χ3v) is 4.84. The maximum Gasteiger partial charge on any atom is 0.294 e. The first-order chi connectivity index (χ1) is 12.2. The molecule has 0 aliphatic heterocycles. The van der Waals surface area contributed by atoms with E-state index in [1.165, 1.54) is 18.2 Å². The molecule has 0 spiro atoms. The first-order valence-electron chi connectivity index (χ1n) is 6.89. The van der Waals surface area contributed by atoms with E-state index in [0.717, 1.165) is 16.8 Å². The number of benzene rings is 2. The molecule has 0 aliphatic rings. The molecule has 0 saturated heterocycles. The van der Waals surface area contributed by atoms with Crippen molar-refractivity contribution >= 4 is 32.9 Å². The summed E-state index contributed by atoms with van der Waals surface area (Å²) in [5.74, 6) is -0.567. The zero-order chi connectivity index (χ0) is 19.1. The smallest absolute Gasteiger partial charge is 0.294 e. The molecule has 1 aromatic heterocycles. The van der Waals surface area contributed by atoms with Crippen LogP contribution in [0.1, 0.15) is 5.69 Å².